The van der Waals surface area contributed by atoms with Gasteiger partial charge in [-0.15, -0.1) is 0 Å². The first-order valence-electron chi connectivity index (χ1n) is 9.65. The van der Waals surface area contributed by atoms with Crippen molar-refractivity contribution in [3.63, 3.8) is 0 Å². The molecule has 0 aliphatic carbocycles. The smallest absolute Gasteiger partial charge is 0.307 e. The van der Waals surface area contributed by atoms with Crippen molar-refractivity contribution in [3.8, 4) is 11.3 Å². The van der Waals surface area contributed by atoms with Gasteiger partial charge in [-0.05, 0) is 16.7 Å². The molecule has 0 saturated carbocycles. The lowest BCUT2D eigenvalue weighted by molar-refractivity contribution is -0.687. The molecule has 144 valence electrons. The summed E-state index contributed by atoms with van der Waals surface area (Å²) in [6.07, 6.45) is 4.36. The van der Waals surface area contributed by atoms with E-state index in [2.05, 4.69) is 70.2 Å². The molecule has 0 bridgehead atoms. The third-order valence-electron chi connectivity index (χ3n) is 4.89. The van der Waals surface area contributed by atoms with E-state index in [0.717, 1.165) is 29.9 Å². The van der Waals surface area contributed by atoms with Crippen molar-refractivity contribution < 1.29 is 14.5 Å². The number of carboxylic acid groups (broad SMARTS) is 1. The zero-order chi connectivity index (χ0) is 20.1. The molecular weight excluding hydrogens is 360 g/mol. The number of aliphatic carboxylic acids is 1. The number of carboxylic acids is 1. The van der Waals surface area contributed by atoms with Crippen LogP contribution in [0.1, 0.15) is 16.7 Å². The van der Waals surface area contributed by atoms with Crippen LogP contribution in [0.25, 0.3) is 11.3 Å². The lowest BCUT2D eigenvalue weighted by Gasteiger charge is -2.02. The van der Waals surface area contributed by atoms with E-state index in [1.54, 1.807) is 0 Å². The number of aromatic nitrogens is 2. The number of imidazole rings is 1. The number of nitrogens with zero attached hydrogens (tertiary/aromatic N) is 2. The number of hydrogen-bond acceptors (Lipinski definition) is 1. The molecular formula is C25H23N2O2+. The molecule has 4 rings (SSSR count). The summed E-state index contributed by atoms with van der Waals surface area (Å²) in [5.41, 5.74) is 5.56. The first-order chi connectivity index (χ1) is 14.2. The van der Waals surface area contributed by atoms with E-state index in [1.165, 1.54) is 11.1 Å². The van der Waals surface area contributed by atoms with Crippen LogP contribution in [-0.2, 0) is 24.3 Å². The van der Waals surface area contributed by atoms with Crippen LogP contribution in [0.4, 0.5) is 0 Å². The van der Waals surface area contributed by atoms with Gasteiger partial charge in [0.15, 0.2) is 5.69 Å². The molecule has 1 N–H and O–H groups in total. The van der Waals surface area contributed by atoms with Gasteiger partial charge in [0.2, 0.25) is 6.33 Å². The zero-order valence-electron chi connectivity index (χ0n) is 16.1. The van der Waals surface area contributed by atoms with E-state index in [9.17, 15) is 4.79 Å². The Labute approximate surface area is 170 Å². The maximum absolute atomic E-state index is 10.9. The average Bonchev–Trinajstić information content (AvgIpc) is 3.12. The molecule has 0 saturated heterocycles. The molecule has 4 heteroatoms. The van der Waals surface area contributed by atoms with Crippen LogP contribution >= 0.6 is 0 Å². The van der Waals surface area contributed by atoms with Gasteiger partial charge in [-0.25, -0.2) is 9.13 Å². The van der Waals surface area contributed by atoms with Gasteiger partial charge in [-0.3, -0.25) is 4.79 Å². The topological polar surface area (TPSA) is 46.1 Å². The minimum Gasteiger partial charge on any atom is -0.481 e. The first kappa shape index (κ1) is 18.7. The minimum absolute atomic E-state index is 0.0546. The van der Waals surface area contributed by atoms with Gasteiger partial charge in [-0.2, -0.15) is 0 Å². The summed E-state index contributed by atoms with van der Waals surface area (Å²) in [5.74, 6) is -0.808. The van der Waals surface area contributed by atoms with Gasteiger partial charge >= 0.3 is 5.97 Å². The number of carbonyl (C=O) groups is 1. The second-order valence-electron chi connectivity index (χ2n) is 7.17. The Morgan fingerprint density at radius 3 is 2.07 bits per heavy atom. The van der Waals surface area contributed by atoms with Crippen LogP contribution in [-0.4, -0.2) is 15.6 Å². The average molecular weight is 383 g/mol. The fraction of sp³-hybridized carbons (Fsp3) is 0.120. The van der Waals surface area contributed by atoms with Gasteiger partial charge in [0.05, 0.1) is 6.42 Å². The van der Waals surface area contributed by atoms with Crippen molar-refractivity contribution in [1.29, 1.82) is 0 Å². The van der Waals surface area contributed by atoms with Crippen molar-refractivity contribution in [2.75, 3.05) is 0 Å². The summed E-state index contributed by atoms with van der Waals surface area (Å²) in [7, 11) is 0. The number of rotatable bonds is 7. The molecule has 0 radical (unpaired) electrons. The van der Waals surface area contributed by atoms with Crippen molar-refractivity contribution in [3.05, 3.63) is 114 Å². The van der Waals surface area contributed by atoms with Crippen LogP contribution in [0, 0.1) is 0 Å². The Balaban J connectivity index is 1.61. The predicted molar refractivity (Wildman–Crippen MR) is 112 cm³/mol. The van der Waals surface area contributed by atoms with Crippen LogP contribution < -0.4 is 4.57 Å². The second-order valence-corrected chi connectivity index (χ2v) is 7.17. The van der Waals surface area contributed by atoms with Crippen molar-refractivity contribution in [2.45, 2.75) is 19.5 Å². The SMILES string of the molecule is O=C(O)Cc1ccc(C[n+]2cc(-c3ccccc3)n(Cc3ccccc3)c2)cc1. The zero-order valence-corrected chi connectivity index (χ0v) is 16.1. The van der Waals surface area contributed by atoms with Crippen LogP contribution in [0.15, 0.2) is 97.5 Å². The highest BCUT2D eigenvalue weighted by molar-refractivity contribution is 5.70. The van der Waals surface area contributed by atoms with E-state index >= 15 is 0 Å². The quantitative estimate of drug-likeness (QED) is 0.487. The predicted octanol–water partition coefficient (Wildman–Crippen LogP) is 4.17. The molecule has 0 amide bonds. The fourth-order valence-corrected chi connectivity index (χ4v) is 3.50. The van der Waals surface area contributed by atoms with Gasteiger partial charge in [0.1, 0.15) is 19.3 Å². The number of benzene rings is 3. The highest BCUT2D eigenvalue weighted by Crippen LogP contribution is 2.19. The van der Waals surface area contributed by atoms with Crippen LogP contribution in [0.5, 0.6) is 0 Å². The Morgan fingerprint density at radius 1 is 0.793 bits per heavy atom. The lowest BCUT2D eigenvalue weighted by atomic mass is 10.1. The molecule has 1 aromatic heterocycles. The van der Waals surface area contributed by atoms with Gasteiger partial charge in [0, 0.05) is 5.56 Å². The van der Waals surface area contributed by atoms with Crippen LogP contribution in [0.2, 0.25) is 0 Å². The highest BCUT2D eigenvalue weighted by atomic mass is 16.4. The summed E-state index contributed by atoms with van der Waals surface area (Å²) in [6, 6.07) is 28.6. The van der Waals surface area contributed by atoms with Gasteiger partial charge < -0.3 is 5.11 Å². The van der Waals surface area contributed by atoms with Crippen molar-refractivity contribution >= 4 is 5.97 Å². The second kappa shape index (κ2) is 8.57. The molecule has 0 aliphatic rings. The van der Waals surface area contributed by atoms with E-state index in [0.29, 0.717) is 0 Å². The van der Waals surface area contributed by atoms with Crippen LogP contribution in [0.3, 0.4) is 0 Å². The van der Waals surface area contributed by atoms with Gasteiger partial charge in [0.25, 0.3) is 0 Å². The van der Waals surface area contributed by atoms with E-state index in [-0.39, 0.29) is 6.42 Å². The molecule has 0 unspecified atom stereocenters. The van der Waals surface area contributed by atoms with Crippen molar-refractivity contribution in [1.82, 2.24) is 4.57 Å². The molecule has 0 fully saturated rings. The molecule has 4 aromatic rings. The van der Waals surface area contributed by atoms with Gasteiger partial charge in [-0.1, -0.05) is 84.9 Å². The Bertz CT molecular complexity index is 1080. The van der Waals surface area contributed by atoms with E-state index < -0.39 is 5.97 Å². The summed E-state index contributed by atoms with van der Waals surface area (Å²) in [5, 5.41) is 8.93. The van der Waals surface area contributed by atoms with E-state index in [1.807, 2.05) is 36.4 Å². The molecule has 29 heavy (non-hydrogen) atoms. The fourth-order valence-electron chi connectivity index (χ4n) is 3.50. The third-order valence-corrected chi connectivity index (χ3v) is 4.89. The molecule has 0 atom stereocenters. The van der Waals surface area contributed by atoms with Crippen molar-refractivity contribution in [2.24, 2.45) is 0 Å². The summed E-state index contributed by atoms with van der Waals surface area (Å²) in [4.78, 5) is 10.9. The summed E-state index contributed by atoms with van der Waals surface area (Å²) >= 11 is 0. The molecule has 0 aliphatic heterocycles. The molecule has 4 nitrogen and oxygen atoms in total. The highest BCUT2D eigenvalue weighted by Gasteiger charge is 2.16. The molecule has 1 heterocycles. The third kappa shape index (κ3) is 4.79. The Kier molecular flexibility index (Phi) is 5.52. The Morgan fingerprint density at radius 2 is 1.41 bits per heavy atom. The van der Waals surface area contributed by atoms with E-state index in [4.69, 9.17) is 5.11 Å². The molecule has 0 spiro atoms. The number of hydrogen-bond donors (Lipinski definition) is 1. The lowest BCUT2D eigenvalue weighted by Crippen LogP contribution is -2.31. The normalized spacial score (nSPS) is 10.8. The first-order valence-corrected chi connectivity index (χ1v) is 9.65. The Hall–Kier alpha value is -3.66. The maximum atomic E-state index is 10.9. The minimum atomic E-state index is -0.808. The summed E-state index contributed by atoms with van der Waals surface area (Å²) in [6.45, 7) is 1.53. The largest absolute Gasteiger partial charge is 0.481 e. The monoisotopic (exact) mass is 383 g/mol. The maximum Gasteiger partial charge on any atom is 0.307 e. The standard InChI is InChI=1S/C25H22N2O2/c28-25(29)15-20-11-13-22(14-12-20)16-26-18-24(23-9-5-2-6-10-23)27(19-26)17-21-7-3-1-4-8-21/h1-14,18-19H,15-17H2/p+1. The molecule has 3 aromatic carbocycles. The summed E-state index contributed by atoms with van der Waals surface area (Å²) < 4.78 is 4.45.